The molecule has 1 aliphatic rings. The van der Waals surface area contributed by atoms with E-state index in [1.165, 1.54) is 0 Å². The number of nitrogens with one attached hydrogen (secondary N) is 5. The molecule has 0 saturated carbocycles. The Morgan fingerprint density at radius 2 is 1.05 bits per heavy atom. The molecule has 0 aromatic carbocycles. The smallest absolute Gasteiger partial charge is 0.128 e. The van der Waals surface area contributed by atoms with Gasteiger partial charge in [-0.15, -0.1) is 0 Å². The number of pyridine rings is 1. The van der Waals surface area contributed by atoms with Crippen molar-refractivity contribution in [2.75, 3.05) is 63.0 Å². The van der Waals surface area contributed by atoms with Crippen LogP contribution in [0, 0.1) is 0 Å². The maximum atomic E-state index is 4.51. The van der Waals surface area contributed by atoms with E-state index < -0.39 is 0 Å². The molecule has 19 heavy (non-hydrogen) atoms. The Morgan fingerprint density at radius 1 is 0.632 bits per heavy atom. The Labute approximate surface area is 114 Å². The van der Waals surface area contributed by atoms with Crippen LogP contribution in [0.1, 0.15) is 0 Å². The SMILES string of the molecule is c1cc2nc(c1)NCCNCCNCCNCCN2. The van der Waals surface area contributed by atoms with E-state index in [1.807, 2.05) is 18.2 Å². The zero-order valence-corrected chi connectivity index (χ0v) is 11.3. The molecule has 106 valence electrons. The maximum Gasteiger partial charge on any atom is 0.128 e. The molecular formula is C13H24N6. The highest BCUT2D eigenvalue weighted by atomic mass is 15.1. The molecule has 0 amide bonds. The Hall–Kier alpha value is -1.37. The molecule has 0 unspecified atom stereocenters. The Morgan fingerprint density at radius 3 is 1.53 bits per heavy atom. The Kier molecular flexibility index (Phi) is 6.42. The minimum Gasteiger partial charge on any atom is -0.369 e. The van der Waals surface area contributed by atoms with Crippen LogP contribution in [0.3, 0.4) is 0 Å². The van der Waals surface area contributed by atoms with Gasteiger partial charge in [-0.3, -0.25) is 0 Å². The minimum absolute atomic E-state index is 0.887. The summed E-state index contributed by atoms with van der Waals surface area (Å²) in [5.74, 6) is 1.84. The number of nitrogens with zero attached hydrogens (tertiary/aromatic N) is 1. The molecule has 1 aromatic heterocycles. The topological polar surface area (TPSA) is 73.0 Å². The van der Waals surface area contributed by atoms with Crippen molar-refractivity contribution >= 4 is 11.6 Å². The van der Waals surface area contributed by atoms with Gasteiger partial charge in [0.1, 0.15) is 11.6 Å². The number of fused-ring (bicyclic) bond motifs is 2. The first-order valence-corrected chi connectivity index (χ1v) is 7.02. The van der Waals surface area contributed by atoms with Gasteiger partial charge in [0.05, 0.1) is 0 Å². The van der Waals surface area contributed by atoms with Crippen LogP contribution >= 0.6 is 0 Å². The predicted octanol–water partition coefficient (Wildman–Crippen LogP) is -0.312. The summed E-state index contributed by atoms with van der Waals surface area (Å²) in [5, 5.41) is 16.8. The molecule has 6 heteroatoms. The van der Waals surface area contributed by atoms with E-state index in [-0.39, 0.29) is 0 Å². The van der Waals surface area contributed by atoms with Gasteiger partial charge >= 0.3 is 0 Å². The molecular weight excluding hydrogens is 240 g/mol. The second-order valence-electron chi connectivity index (χ2n) is 4.51. The van der Waals surface area contributed by atoms with Crippen LogP contribution in [-0.4, -0.2) is 57.3 Å². The second-order valence-corrected chi connectivity index (χ2v) is 4.51. The molecule has 0 aliphatic carbocycles. The van der Waals surface area contributed by atoms with Crippen LogP contribution in [0.2, 0.25) is 0 Å². The van der Waals surface area contributed by atoms with Crippen molar-refractivity contribution in [1.29, 1.82) is 0 Å². The Balaban J connectivity index is 1.84. The molecule has 0 atom stereocenters. The predicted molar refractivity (Wildman–Crippen MR) is 79.8 cm³/mol. The van der Waals surface area contributed by atoms with Gasteiger partial charge < -0.3 is 26.6 Å². The zero-order chi connectivity index (χ0) is 13.2. The van der Waals surface area contributed by atoms with Crippen molar-refractivity contribution in [3.05, 3.63) is 18.2 Å². The number of aromatic nitrogens is 1. The molecule has 2 bridgehead atoms. The van der Waals surface area contributed by atoms with Crippen molar-refractivity contribution in [2.45, 2.75) is 0 Å². The first-order chi connectivity index (χ1) is 9.45. The maximum absolute atomic E-state index is 4.51. The van der Waals surface area contributed by atoms with Gasteiger partial charge in [-0.05, 0) is 12.1 Å². The van der Waals surface area contributed by atoms with E-state index in [9.17, 15) is 0 Å². The number of anilines is 2. The van der Waals surface area contributed by atoms with Gasteiger partial charge in [0.2, 0.25) is 0 Å². The lowest BCUT2D eigenvalue weighted by Gasteiger charge is -2.12. The van der Waals surface area contributed by atoms with Crippen molar-refractivity contribution in [3.8, 4) is 0 Å². The summed E-state index contributed by atoms with van der Waals surface area (Å²) < 4.78 is 0. The standard InChI is InChI=1S/C13H24N6/c1-2-12-17-10-8-15-6-4-14-5-7-16-9-11-18-13(3-1)19-12/h1-3,14-16H,4-11H2,(H2,17,18,19). The lowest BCUT2D eigenvalue weighted by Crippen LogP contribution is -2.35. The average Bonchev–Trinajstić information content (AvgIpc) is 2.43. The summed E-state index contributed by atoms with van der Waals surface area (Å²) in [5.41, 5.74) is 0. The lowest BCUT2D eigenvalue weighted by molar-refractivity contribution is 0.589. The van der Waals surface area contributed by atoms with E-state index >= 15 is 0 Å². The largest absolute Gasteiger partial charge is 0.369 e. The molecule has 0 spiro atoms. The quantitative estimate of drug-likeness (QED) is 0.443. The zero-order valence-electron chi connectivity index (χ0n) is 11.3. The van der Waals surface area contributed by atoms with Gasteiger partial charge in [0.25, 0.3) is 0 Å². The lowest BCUT2D eigenvalue weighted by atomic mass is 10.4. The molecule has 0 saturated heterocycles. The van der Waals surface area contributed by atoms with Gasteiger partial charge in [-0.25, -0.2) is 4.98 Å². The van der Waals surface area contributed by atoms with Gasteiger partial charge in [0, 0.05) is 52.4 Å². The second kappa shape index (κ2) is 8.68. The summed E-state index contributed by atoms with van der Waals surface area (Å²) in [6, 6.07) is 6.01. The van der Waals surface area contributed by atoms with Crippen LogP contribution in [-0.2, 0) is 0 Å². The van der Waals surface area contributed by atoms with Crippen LogP contribution in [0.15, 0.2) is 18.2 Å². The summed E-state index contributed by atoms with van der Waals surface area (Å²) in [6.07, 6.45) is 0. The molecule has 5 N–H and O–H groups in total. The number of hydrogen-bond acceptors (Lipinski definition) is 6. The summed E-state index contributed by atoms with van der Waals surface area (Å²) in [6.45, 7) is 7.67. The minimum atomic E-state index is 0.887. The van der Waals surface area contributed by atoms with Crippen molar-refractivity contribution in [3.63, 3.8) is 0 Å². The van der Waals surface area contributed by atoms with Gasteiger partial charge in [-0.2, -0.15) is 0 Å². The third kappa shape index (κ3) is 5.87. The fraction of sp³-hybridized carbons (Fsp3) is 0.615. The first kappa shape index (κ1) is 14.0. The van der Waals surface area contributed by atoms with Crippen LogP contribution in [0.5, 0.6) is 0 Å². The summed E-state index contributed by atoms with van der Waals surface area (Å²) >= 11 is 0. The highest BCUT2D eigenvalue weighted by molar-refractivity contribution is 5.45. The van der Waals surface area contributed by atoms with Crippen molar-refractivity contribution in [2.24, 2.45) is 0 Å². The monoisotopic (exact) mass is 264 g/mol. The van der Waals surface area contributed by atoms with E-state index in [4.69, 9.17) is 0 Å². The molecule has 6 nitrogen and oxygen atoms in total. The normalized spacial score (nSPS) is 19.2. The molecule has 0 fully saturated rings. The third-order valence-electron chi connectivity index (χ3n) is 2.92. The van der Waals surface area contributed by atoms with E-state index in [2.05, 4.69) is 31.6 Å². The van der Waals surface area contributed by atoms with Gasteiger partial charge in [0.15, 0.2) is 0 Å². The van der Waals surface area contributed by atoms with E-state index in [1.54, 1.807) is 0 Å². The molecule has 0 radical (unpaired) electrons. The first-order valence-electron chi connectivity index (χ1n) is 7.02. The average molecular weight is 264 g/mol. The van der Waals surface area contributed by atoms with E-state index in [0.29, 0.717) is 0 Å². The van der Waals surface area contributed by atoms with Gasteiger partial charge in [-0.1, -0.05) is 6.07 Å². The fourth-order valence-electron chi connectivity index (χ4n) is 1.92. The van der Waals surface area contributed by atoms with Crippen molar-refractivity contribution < 1.29 is 0 Å². The van der Waals surface area contributed by atoms with E-state index in [0.717, 1.165) is 64.0 Å². The van der Waals surface area contributed by atoms with Crippen molar-refractivity contribution in [1.82, 2.24) is 20.9 Å². The molecule has 1 aromatic rings. The highest BCUT2D eigenvalue weighted by Gasteiger charge is 1.97. The molecule has 1 aliphatic heterocycles. The number of rotatable bonds is 0. The Bertz CT molecular complexity index is 327. The van der Waals surface area contributed by atoms with Crippen LogP contribution in [0.25, 0.3) is 0 Å². The third-order valence-corrected chi connectivity index (χ3v) is 2.92. The summed E-state index contributed by atoms with van der Waals surface area (Å²) in [4.78, 5) is 4.51. The number of hydrogen-bond donors (Lipinski definition) is 5. The van der Waals surface area contributed by atoms with Crippen LogP contribution < -0.4 is 26.6 Å². The fourth-order valence-corrected chi connectivity index (χ4v) is 1.92. The van der Waals surface area contributed by atoms with Crippen LogP contribution in [0.4, 0.5) is 11.6 Å². The summed E-state index contributed by atoms with van der Waals surface area (Å²) in [7, 11) is 0. The highest BCUT2D eigenvalue weighted by Crippen LogP contribution is 2.08. The molecule has 2 rings (SSSR count). The molecule has 2 heterocycles.